The van der Waals surface area contributed by atoms with Gasteiger partial charge < -0.3 is 10.1 Å². The van der Waals surface area contributed by atoms with Crippen molar-refractivity contribution in [2.24, 2.45) is 0 Å². The van der Waals surface area contributed by atoms with E-state index < -0.39 is 0 Å². The fraction of sp³-hybridized carbons (Fsp3) is 0.636. The van der Waals surface area contributed by atoms with Gasteiger partial charge in [-0.1, -0.05) is 13.8 Å². The van der Waals surface area contributed by atoms with E-state index >= 15 is 0 Å². The monoisotopic (exact) mass is 213 g/mol. The third-order valence-corrected chi connectivity index (χ3v) is 3.33. The Balaban J connectivity index is 2.75. The fourth-order valence-corrected chi connectivity index (χ4v) is 2.64. The highest BCUT2D eigenvalue weighted by Gasteiger charge is 2.14. The Hall–Kier alpha value is -0.380. The van der Waals surface area contributed by atoms with Crippen LogP contribution in [-0.4, -0.2) is 20.3 Å². The lowest BCUT2D eigenvalue weighted by Gasteiger charge is -2.17. The summed E-state index contributed by atoms with van der Waals surface area (Å²) in [7, 11) is 1.75. The summed E-state index contributed by atoms with van der Waals surface area (Å²) in [4.78, 5) is 1.43. The molecule has 0 aliphatic heterocycles. The lowest BCUT2D eigenvalue weighted by atomic mass is 10.1. The molecule has 3 heteroatoms. The van der Waals surface area contributed by atoms with Crippen LogP contribution in [0.15, 0.2) is 11.4 Å². The number of hydrogen-bond donors (Lipinski definition) is 1. The third-order valence-electron chi connectivity index (χ3n) is 2.26. The molecule has 1 rings (SSSR count). The van der Waals surface area contributed by atoms with E-state index in [1.165, 1.54) is 10.4 Å². The molecule has 1 N–H and O–H groups in total. The zero-order chi connectivity index (χ0) is 10.4. The van der Waals surface area contributed by atoms with Crippen molar-refractivity contribution < 1.29 is 4.74 Å². The number of thiophene rings is 1. The highest BCUT2D eigenvalue weighted by Crippen LogP contribution is 2.25. The summed E-state index contributed by atoms with van der Waals surface area (Å²) in [6, 6.07) is 2.57. The smallest absolute Gasteiger partial charge is 0.0665 e. The first-order chi connectivity index (χ1) is 6.83. The van der Waals surface area contributed by atoms with Gasteiger partial charge >= 0.3 is 0 Å². The largest absolute Gasteiger partial charge is 0.383 e. The fourth-order valence-electron chi connectivity index (χ4n) is 1.59. The van der Waals surface area contributed by atoms with E-state index in [-0.39, 0.29) is 0 Å². The van der Waals surface area contributed by atoms with E-state index in [0.717, 1.165) is 19.6 Å². The van der Waals surface area contributed by atoms with Gasteiger partial charge in [-0.3, -0.25) is 0 Å². The summed E-state index contributed by atoms with van der Waals surface area (Å²) < 4.78 is 5.22. The standard InChI is InChI=1S/C11H19NOS/c1-4-9-6-7-14-11(9)10(8-13-3)12-5-2/h6-7,10,12H,4-5,8H2,1-3H3. The van der Waals surface area contributed by atoms with E-state index in [0.29, 0.717) is 6.04 Å². The third kappa shape index (κ3) is 2.80. The van der Waals surface area contributed by atoms with Crippen LogP contribution in [0, 0.1) is 0 Å². The first-order valence-corrected chi connectivity index (χ1v) is 6.00. The van der Waals surface area contributed by atoms with Gasteiger partial charge in [0.25, 0.3) is 0 Å². The van der Waals surface area contributed by atoms with Gasteiger partial charge in [-0.05, 0) is 30.0 Å². The van der Waals surface area contributed by atoms with Gasteiger partial charge in [-0.25, -0.2) is 0 Å². The predicted molar refractivity (Wildman–Crippen MR) is 62.0 cm³/mol. The zero-order valence-electron chi connectivity index (χ0n) is 9.17. The Morgan fingerprint density at radius 3 is 2.86 bits per heavy atom. The molecule has 1 atom stereocenters. The van der Waals surface area contributed by atoms with Crippen molar-refractivity contribution in [3.8, 4) is 0 Å². The summed E-state index contributed by atoms with van der Waals surface area (Å²) in [5, 5.41) is 5.61. The number of aryl methyl sites for hydroxylation is 1. The minimum Gasteiger partial charge on any atom is -0.383 e. The number of hydrogen-bond acceptors (Lipinski definition) is 3. The van der Waals surface area contributed by atoms with E-state index in [9.17, 15) is 0 Å². The SMILES string of the molecule is CCNC(COC)c1sccc1CC. The van der Waals surface area contributed by atoms with Crippen molar-refractivity contribution in [3.05, 3.63) is 21.9 Å². The Kier molecular flexibility index (Phi) is 5.15. The van der Waals surface area contributed by atoms with Crippen LogP contribution in [0.2, 0.25) is 0 Å². The van der Waals surface area contributed by atoms with Crippen LogP contribution < -0.4 is 5.32 Å². The zero-order valence-corrected chi connectivity index (χ0v) is 9.99. The van der Waals surface area contributed by atoms with Crippen LogP contribution in [-0.2, 0) is 11.2 Å². The number of nitrogens with one attached hydrogen (secondary N) is 1. The van der Waals surface area contributed by atoms with Crippen molar-refractivity contribution in [1.82, 2.24) is 5.32 Å². The number of rotatable bonds is 6. The molecule has 14 heavy (non-hydrogen) atoms. The quantitative estimate of drug-likeness (QED) is 0.784. The minimum atomic E-state index is 0.361. The topological polar surface area (TPSA) is 21.3 Å². The van der Waals surface area contributed by atoms with Crippen LogP contribution in [0.3, 0.4) is 0 Å². The Labute approximate surface area is 90.3 Å². The molecular weight excluding hydrogens is 194 g/mol. The molecule has 0 aromatic carbocycles. The van der Waals surface area contributed by atoms with Gasteiger partial charge in [0.15, 0.2) is 0 Å². The number of ether oxygens (including phenoxy) is 1. The summed E-state index contributed by atoms with van der Waals surface area (Å²) in [5.74, 6) is 0. The normalized spacial score (nSPS) is 13.1. The molecule has 2 nitrogen and oxygen atoms in total. The van der Waals surface area contributed by atoms with E-state index in [1.54, 1.807) is 7.11 Å². The van der Waals surface area contributed by atoms with Crippen molar-refractivity contribution in [2.45, 2.75) is 26.3 Å². The van der Waals surface area contributed by atoms with Crippen LogP contribution in [0.4, 0.5) is 0 Å². The number of methoxy groups -OCH3 is 1. The van der Waals surface area contributed by atoms with Crippen molar-refractivity contribution in [3.63, 3.8) is 0 Å². The predicted octanol–water partition coefficient (Wildman–Crippen LogP) is 2.61. The number of likely N-dealkylation sites (N-methyl/N-ethyl adjacent to an activating group) is 1. The second kappa shape index (κ2) is 6.17. The van der Waals surface area contributed by atoms with Gasteiger partial charge in [0, 0.05) is 12.0 Å². The molecule has 80 valence electrons. The molecule has 1 aromatic rings. The highest BCUT2D eigenvalue weighted by atomic mass is 32.1. The maximum Gasteiger partial charge on any atom is 0.0665 e. The van der Waals surface area contributed by atoms with Crippen LogP contribution >= 0.6 is 11.3 Å². The van der Waals surface area contributed by atoms with Gasteiger partial charge in [-0.2, -0.15) is 0 Å². The molecule has 0 saturated heterocycles. The van der Waals surface area contributed by atoms with Gasteiger partial charge in [0.1, 0.15) is 0 Å². The maximum atomic E-state index is 5.22. The molecule has 1 heterocycles. The minimum absolute atomic E-state index is 0.361. The second-order valence-electron chi connectivity index (χ2n) is 3.23. The van der Waals surface area contributed by atoms with E-state index in [4.69, 9.17) is 4.74 Å². The molecule has 1 unspecified atom stereocenters. The molecule has 0 aliphatic rings. The van der Waals surface area contributed by atoms with Crippen LogP contribution in [0.1, 0.15) is 30.3 Å². The molecule has 0 saturated carbocycles. The summed E-state index contributed by atoms with van der Waals surface area (Å²) in [5.41, 5.74) is 1.44. The molecule has 0 bridgehead atoms. The Morgan fingerprint density at radius 2 is 2.29 bits per heavy atom. The van der Waals surface area contributed by atoms with Crippen molar-refractivity contribution in [2.75, 3.05) is 20.3 Å². The van der Waals surface area contributed by atoms with Gasteiger partial charge in [0.2, 0.25) is 0 Å². The van der Waals surface area contributed by atoms with Gasteiger partial charge in [-0.15, -0.1) is 11.3 Å². The molecular formula is C11H19NOS. The molecule has 0 spiro atoms. The average molecular weight is 213 g/mol. The summed E-state index contributed by atoms with van der Waals surface area (Å²) >= 11 is 1.82. The van der Waals surface area contributed by atoms with Crippen molar-refractivity contribution >= 4 is 11.3 Å². The maximum absolute atomic E-state index is 5.22. The van der Waals surface area contributed by atoms with Crippen LogP contribution in [0.5, 0.6) is 0 Å². The Morgan fingerprint density at radius 1 is 1.50 bits per heavy atom. The first-order valence-electron chi connectivity index (χ1n) is 5.12. The van der Waals surface area contributed by atoms with Crippen LogP contribution in [0.25, 0.3) is 0 Å². The second-order valence-corrected chi connectivity index (χ2v) is 4.18. The molecule has 1 aromatic heterocycles. The molecule has 0 aliphatic carbocycles. The molecule has 0 radical (unpaired) electrons. The highest BCUT2D eigenvalue weighted by molar-refractivity contribution is 7.10. The lowest BCUT2D eigenvalue weighted by Crippen LogP contribution is -2.24. The Bertz CT molecular complexity index is 254. The molecule has 0 amide bonds. The summed E-state index contributed by atoms with van der Waals surface area (Å²) in [6.07, 6.45) is 1.10. The molecule has 0 fully saturated rings. The average Bonchev–Trinajstić information content (AvgIpc) is 2.65. The van der Waals surface area contributed by atoms with E-state index in [1.807, 2.05) is 11.3 Å². The lowest BCUT2D eigenvalue weighted by molar-refractivity contribution is 0.168. The van der Waals surface area contributed by atoms with E-state index in [2.05, 4.69) is 30.6 Å². The summed E-state index contributed by atoms with van der Waals surface area (Å²) in [6.45, 7) is 6.06. The first kappa shape index (κ1) is 11.7. The van der Waals surface area contributed by atoms with Crippen molar-refractivity contribution in [1.29, 1.82) is 0 Å². The van der Waals surface area contributed by atoms with Gasteiger partial charge in [0.05, 0.1) is 12.6 Å².